The van der Waals surface area contributed by atoms with Crippen molar-refractivity contribution in [2.24, 2.45) is 0 Å². The number of hydrogen-bond donors (Lipinski definition) is 2. The van der Waals surface area contributed by atoms with Crippen LogP contribution in [0.25, 0.3) is 0 Å². The Kier molecular flexibility index (Phi) is 6.78. The Morgan fingerprint density at radius 3 is 2.20 bits per heavy atom. The van der Waals surface area contributed by atoms with Crippen molar-refractivity contribution in [2.45, 2.75) is 58.1 Å². The second-order valence-electron chi connectivity index (χ2n) is 5.37. The maximum absolute atomic E-state index is 12.5. The summed E-state index contributed by atoms with van der Waals surface area (Å²) >= 11 is 0. The van der Waals surface area contributed by atoms with Crippen LogP contribution in [0.4, 0.5) is 4.79 Å². The summed E-state index contributed by atoms with van der Waals surface area (Å²) in [4.78, 5) is 26.7. The van der Waals surface area contributed by atoms with Crippen LogP contribution in [-0.2, 0) is 4.79 Å². The molecule has 0 spiro atoms. The number of amides is 2. The first kappa shape index (κ1) is 16.8. The standard InChI is InChI=1S/C14H26N2O4/c1-3-5-7-15(8-6-4-2)14(20)16-10-11(17)9-12(16)13(18)19/h11-12,17H,3-10H2,1-2H3,(H,18,19)/t11-,12-/m1/s1. The normalized spacial score (nSPS) is 22.1. The third-order valence-electron chi connectivity index (χ3n) is 3.64. The Morgan fingerprint density at radius 1 is 1.20 bits per heavy atom. The fourth-order valence-corrected chi connectivity index (χ4v) is 2.44. The van der Waals surface area contributed by atoms with Crippen molar-refractivity contribution < 1.29 is 19.8 Å². The zero-order valence-corrected chi connectivity index (χ0v) is 12.4. The number of rotatable bonds is 7. The number of hydrogen-bond acceptors (Lipinski definition) is 3. The van der Waals surface area contributed by atoms with Gasteiger partial charge in [0.15, 0.2) is 0 Å². The summed E-state index contributed by atoms with van der Waals surface area (Å²) in [5, 5.41) is 18.8. The molecule has 0 radical (unpaired) electrons. The van der Waals surface area contributed by atoms with Crippen LogP contribution in [0, 0.1) is 0 Å². The number of urea groups is 1. The predicted octanol–water partition coefficient (Wildman–Crippen LogP) is 1.53. The van der Waals surface area contributed by atoms with Crippen LogP contribution in [0.5, 0.6) is 0 Å². The number of nitrogens with zero attached hydrogens (tertiary/aromatic N) is 2. The molecule has 0 aromatic rings. The largest absolute Gasteiger partial charge is 0.480 e. The molecule has 1 aliphatic heterocycles. The van der Waals surface area contributed by atoms with Gasteiger partial charge in [-0.05, 0) is 12.8 Å². The molecular weight excluding hydrogens is 260 g/mol. The van der Waals surface area contributed by atoms with Crippen LogP contribution in [0.15, 0.2) is 0 Å². The maximum atomic E-state index is 12.5. The van der Waals surface area contributed by atoms with Crippen LogP contribution in [0.1, 0.15) is 46.0 Å². The molecule has 2 atom stereocenters. The molecular formula is C14H26N2O4. The minimum absolute atomic E-state index is 0.116. The van der Waals surface area contributed by atoms with E-state index in [-0.39, 0.29) is 19.0 Å². The van der Waals surface area contributed by atoms with E-state index in [0.717, 1.165) is 25.7 Å². The minimum atomic E-state index is -1.04. The second kappa shape index (κ2) is 8.09. The first-order valence-corrected chi connectivity index (χ1v) is 7.47. The first-order valence-electron chi connectivity index (χ1n) is 7.47. The maximum Gasteiger partial charge on any atom is 0.326 e. The summed E-state index contributed by atoms with van der Waals surface area (Å²) < 4.78 is 0. The Balaban J connectivity index is 2.73. The number of carbonyl (C=O) groups excluding carboxylic acids is 1. The fourth-order valence-electron chi connectivity index (χ4n) is 2.44. The monoisotopic (exact) mass is 286 g/mol. The number of aliphatic carboxylic acids is 1. The van der Waals surface area contributed by atoms with Crippen molar-refractivity contribution in [3.63, 3.8) is 0 Å². The summed E-state index contributed by atoms with van der Waals surface area (Å²) in [6, 6.07) is -1.15. The van der Waals surface area contributed by atoms with E-state index in [1.807, 2.05) is 0 Å². The highest BCUT2D eigenvalue weighted by Gasteiger charge is 2.40. The molecule has 1 fully saturated rings. The zero-order chi connectivity index (χ0) is 15.1. The molecule has 0 aromatic carbocycles. The van der Waals surface area contributed by atoms with Crippen LogP contribution in [-0.4, -0.2) is 63.8 Å². The Hall–Kier alpha value is -1.30. The highest BCUT2D eigenvalue weighted by molar-refractivity contribution is 5.83. The lowest BCUT2D eigenvalue weighted by molar-refractivity contribution is -0.141. The number of aliphatic hydroxyl groups is 1. The van der Waals surface area contributed by atoms with E-state index < -0.39 is 18.1 Å². The van der Waals surface area contributed by atoms with E-state index in [4.69, 9.17) is 5.11 Å². The highest BCUT2D eigenvalue weighted by atomic mass is 16.4. The summed E-state index contributed by atoms with van der Waals surface area (Å²) in [6.07, 6.45) is 3.17. The van der Waals surface area contributed by atoms with Gasteiger partial charge < -0.3 is 20.0 Å². The number of unbranched alkanes of at least 4 members (excludes halogenated alkanes) is 2. The number of carboxylic acids is 1. The van der Waals surface area contributed by atoms with E-state index in [1.54, 1.807) is 4.90 Å². The third-order valence-corrected chi connectivity index (χ3v) is 3.64. The molecule has 2 N–H and O–H groups in total. The van der Waals surface area contributed by atoms with Gasteiger partial charge in [-0.2, -0.15) is 0 Å². The third kappa shape index (κ3) is 4.37. The molecule has 1 saturated heterocycles. The van der Waals surface area contributed by atoms with Crippen molar-refractivity contribution in [2.75, 3.05) is 19.6 Å². The van der Waals surface area contributed by atoms with Crippen LogP contribution < -0.4 is 0 Å². The molecule has 1 heterocycles. The highest BCUT2D eigenvalue weighted by Crippen LogP contribution is 2.20. The fraction of sp³-hybridized carbons (Fsp3) is 0.857. The summed E-state index contributed by atoms with van der Waals surface area (Å²) in [5.74, 6) is -1.04. The van der Waals surface area contributed by atoms with Gasteiger partial charge in [0.05, 0.1) is 6.10 Å². The Morgan fingerprint density at radius 2 is 1.75 bits per heavy atom. The summed E-state index contributed by atoms with van der Waals surface area (Å²) in [5.41, 5.74) is 0. The molecule has 1 rings (SSSR count). The van der Waals surface area contributed by atoms with Gasteiger partial charge >= 0.3 is 12.0 Å². The van der Waals surface area contributed by atoms with Gasteiger partial charge in [-0.25, -0.2) is 9.59 Å². The summed E-state index contributed by atoms with van der Waals surface area (Å²) in [7, 11) is 0. The van der Waals surface area contributed by atoms with E-state index in [0.29, 0.717) is 13.1 Å². The van der Waals surface area contributed by atoms with E-state index in [1.165, 1.54) is 4.90 Å². The van der Waals surface area contributed by atoms with E-state index >= 15 is 0 Å². The first-order chi connectivity index (χ1) is 9.51. The van der Waals surface area contributed by atoms with Gasteiger partial charge in [-0.3, -0.25) is 0 Å². The van der Waals surface area contributed by atoms with Crippen LogP contribution in [0.2, 0.25) is 0 Å². The van der Waals surface area contributed by atoms with Gasteiger partial charge in [0.1, 0.15) is 6.04 Å². The quantitative estimate of drug-likeness (QED) is 0.743. The van der Waals surface area contributed by atoms with Gasteiger partial charge in [-0.1, -0.05) is 26.7 Å². The molecule has 6 heteroatoms. The molecule has 0 bridgehead atoms. The molecule has 6 nitrogen and oxygen atoms in total. The van der Waals surface area contributed by atoms with Crippen molar-refractivity contribution in [3.8, 4) is 0 Å². The van der Waals surface area contributed by atoms with Crippen molar-refractivity contribution in [1.29, 1.82) is 0 Å². The minimum Gasteiger partial charge on any atom is -0.480 e. The predicted molar refractivity (Wildman–Crippen MR) is 75.5 cm³/mol. The lowest BCUT2D eigenvalue weighted by atomic mass is 10.2. The van der Waals surface area contributed by atoms with Crippen molar-refractivity contribution >= 4 is 12.0 Å². The number of aliphatic hydroxyl groups excluding tert-OH is 1. The molecule has 2 amide bonds. The van der Waals surface area contributed by atoms with Gasteiger partial charge in [0.2, 0.25) is 0 Å². The number of carbonyl (C=O) groups is 2. The zero-order valence-electron chi connectivity index (χ0n) is 12.4. The lowest BCUT2D eigenvalue weighted by Gasteiger charge is -2.30. The Labute approximate surface area is 120 Å². The average Bonchev–Trinajstić information content (AvgIpc) is 2.80. The van der Waals surface area contributed by atoms with Crippen LogP contribution in [0.3, 0.4) is 0 Å². The molecule has 0 aromatic heterocycles. The molecule has 20 heavy (non-hydrogen) atoms. The lowest BCUT2D eigenvalue weighted by Crippen LogP contribution is -2.48. The molecule has 0 saturated carbocycles. The second-order valence-corrected chi connectivity index (χ2v) is 5.37. The van der Waals surface area contributed by atoms with Crippen molar-refractivity contribution in [3.05, 3.63) is 0 Å². The average molecular weight is 286 g/mol. The molecule has 0 aliphatic carbocycles. The molecule has 116 valence electrons. The van der Waals surface area contributed by atoms with E-state index in [9.17, 15) is 14.7 Å². The smallest absolute Gasteiger partial charge is 0.326 e. The van der Waals surface area contributed by atoms with E-state index in [2.05, 4.69) is 13.8 Å². The van der Waals surface area contributed by atoms with Gasteiger partial charge in [-0.15, -0.1) is 0 Å². The Bertz CT molecular complexity index is 327. The topological polar surface area (TPSA) is 81.1 Å². The van der Waals surface area contributed by atoms with Crippen LogP contribution >= 0.6 is 0 Å². The number of β-amino-alcohol motifs (C(OH)–C–C–N with tert-alkyl or cyclic N) is 1. The molecule has 1 aliphatic rings. The van der Waals surface area contributed by atoms with Gasteiger partial charge in [0.25, 0.3) is 0 Å². The van der Waals surface area contributed by atoms with Crippen molar-refractivity contribution in [1.82, 2.24) is 9.80 Å². The SMILES string of the molecule is CCCCN(CCCC)C(=O)N1C[C@H](O)C[C@@H]1C(=O)O. The molecule has 0 unspecified atom stereocenters. The number of likely N-dealkylation sites (tertiary alicyclic amines) is 1. The summed E-state index contributed by atoms with van der Waals surface area (Å²) in [6.45, 7) is 5.53. The number of carboxylic acid groups (broad SMARTS) is 1. The van der Waals surface area contributed by atoms with Gasteiger partial charge in [0, 0.05) is 26.1 Å².